The number of rotatable bonds is 3. The minimum atomic E-state index is 0.0429. The van der Waals surface area contributed by atoms with Crippen LogP contribution in [0, 0.1) is 0 Å². The number of aryl methyl sites for hydroxylation is 1. The first kappa shape index (κ1) is 13.2. The molecular formula is C17H22N2O. The van der Waals surface area contributed by atoms with Gasteiger partial charge in [-0.1, -0.05) is 43.5 Å². The highest BCUT2D eigenvalue weighted by molar-refractivity contribution is 5.26. The van der Waals surface area contributed by atoms with Crippen molar-refractivity contribution in [3.63, 3.8) is 0 Å². The van der Waals surface area contributed by atoms with Crippen molar-refractivity contribution in [3.05, 3.63) is 58.3 Å². The van der Waals surface area contributed by atoms with Crippen LogP contribution in [0.15, 0.2) is 41.5 Å². The molecule has 2 aromatic rings. The van der Waals surface area contributed by atoms with Crippen LogP contribution in [0.3, 0.4) is 0 Å². The molecule has 1 aromatic carbocycles. The lowest BCUT2D eigenvalue weighted by molar-refractivity contribution is 0.443. The number of hydrogen-bond donors (Lipinski definition) is 0. The molecule has 1 saturated carbocycles. The number of benzene rings is 1. The standard InChI is InChI=1S/C17H22N2O/c1-18-11-12-19(17(18)20)13-14-7-9-16(10-8-14)15-5-3-2-4-6-15/h7-12,15H,2-6,13H2,1H3. The second kappa shape index (κ2) is 5.70. The van der Waals surface area contributed by atoms with Gasteiger partial charge in [-0.15, -0.1) is 0 Å². The van der Waals surface area contributed by atoms with Crippen molar-refractivity contribution in [1.82, 2.24) is 9.13 Å². The minimum absolute atomic E-state index is 0.0429. The van der Waals surface area contributed by atoms with Crippen LogP contribution in [-0.4, -0.2) is 9.13 Å². The summed E-state index contributed by atoms with van der Waals surface area (Å²) in [5.41, 5.74) is 2.70. The SMILES string of the molecule is Cn1ccn(Cc2ccc(C3CCCCC3)cc2)c1=O. The van der Waals surface area contributed by atoms with Crippen LogP contribution in [0.25, 0.3) is 0 Å². The molecule has 1 fully saturated rings. The Labute approximate surface area is 119 Å². The van der Waals surface area contributed by atoms with Gasteiger partial charge in [-0.3, -0.25) is 4.57 Å². The summed E-state index contributed by atoms with van der Waals surface area (Å²) in [6.45, 7) is 0.657. The second-order valence-corrected chi connectivity index (χ2v) is 5.90. The van der Waals surface area contributed by atoms with Crippen LogP contribution in [0.1, 0.15) is 49.1 Å². The van der Waals surface area contributed by atoms with Crippen molar-refractivity contribution < 1.29 is 0 Å². The molecule has 3 heteroatoms. The molecule has 0 spiro atoms. The maximum Gasteiger partial charge on any atom is 0.328 e. The fourth-order valence-corrected chi connectivity index (χ4v) is 3.16. The van der Waals surface area contributed by atoms with Crippen molar-refractivity contribution in [1.29, 1.82) is 0 Å². The van der Waals surface area contributed by atoms with E-state index in [9.17, 15) is 4.79 Å². The van der Waals surface area contributed by atoms with E-state index in [1.54, 1.807) is 22.4 Å². The van der Waals surface area contributed by atoms with Gasteiger partial charge in [-0.2, -0.15) is 0 Å². The molecule has 3 rings (SSSR count). The van der Waals surface area contributed by atoms with Crippen LogP contribution in [0.2, 0.25) is 0 Å². The molecule has 0 atom stereocenters. The van der Waals surface area contributed by atoms with Crippen LogP contribution < -0.4 is 5.69 Å². The van der Waals surface area contributed by atoms with Gasteiger partial charge < -0.3 is 4.57 Å². The number of nitrogens with zero attached hydrogens (tertiary/aromatic N) is 2. The fourth-order valence-electron chi connectivity index (χ4n) is 3.16. The predicted octanol–water partition coefficient (Wildman–Crippen LogP) is 3.28. The van der Waals surface area contributed by atoms with Crippen molar-refractivity contribution in [2.24, 2.45) is 7.05 Å². The molecule has 0 bridgehead atoms. The van der Waals surface area contributed by atoms with E-state index < -0.39 is 0 Å². The molecule has 0 aliphatic heterocycles. The maximum atomic E-state index is 11.8. The Morgan fingerprint density at radius 1 is 1.05 bits per heavy atom. The van der Waals surface area contributed by atoms with Crippen molar-refractivity contribution in [2.75, 3.05) is 0 Å². The van der Waals surface area contributed by atoms with E-state index >= 15 is 0 Å². The van der Waals surface area contributed by atoms with Gasteiger partial charge in [0.05, 0.1) is 6.54 Å². The van der Waals surface area contributed by atoms with Crippen molar-refractivity contribution in [2.45, 2.75) is 44.6 Å². The molecular weight excluding hydrogens is 248 g/mol. The van der Waals surface area contributed by atoms with Crippen LogP contribution in [0.4, 0.5) is 0 Å². The van der Waals surface area contributed by atoms with Gasteiger partial charge in [0.15, 0.2) is 0 Å². The van der Waals surface area contributed by atoms with Crippen LogP contribution >= 0.6 is 0 Å². The molecule has 106 valence electrons. The van der Waals surface area contributed by atoms with Crippen LogP contribution in [-0.2, 0) is 13.6 Å². The Balaban J connectivity index is 1.72. The summed E-state index contributed by atoms with van der Waals surface area (Å²) in [7, 11) is 1.78. The Hall–Kier alpha value is -1.77. The molecule has 0 unspecified atom stereocenters. The number of hydrogen-bond acceptors (Lipinski definition) is 1. The average molecular weight is 270 g/mol. The first-order chi connectivity index (χ1) is 9.74. The highest BCUT2D eigenvalue weighted by Crippen LogP contribution is 2.32. The zero-order chi connectivity index (χ0) is 13.9. The lowest BCUT2D eigenvalue weighted by Crippen LogP contribution is -2.22. The molecule has 0 amide bonds. The fraction of sp³-hybridized carbons (Fsp3) is 0.471. The molecule has 20 heavy (non-hydrogen) atoms. The lowest BCUT2D eigenvalue weighted by atomic mass is 9.84. The summed E-state index contributed by atoms with van der Waals surface area (Å²) in [5, 5.41) is 0. The smallest absolute Gasteiger partial charge is 0.302 e. The molecule has 1 aliphatic rings. The lowest BCUT2D eigenvalue weighted by Gasteiger charge is -2.22. The quantitative estimate of drug-likeness (QED) is 0.841. The largest absolute Gasteiger partial charge is 0.328 e. The van der Waals surface area contributed by atoms with Crippen LogP contribution in [0.5, 0.6) is 0 Å². The van der Waals surface area contributed by atoms with E-state index in [0.717, 1.165) is 5.92 Å². The Morgan fingerprint density at radius 3 is 2.35 bits per heavy atom. The predicted molar refractivity (Wildman–Crippen MR) is 81.0 cm³/mol. The summed E-state index contributed by atoms with van der Waals surface area (Å²) in [4.78, 5) is 11.8. The van der Waals surface area contributed by atoms with E-state index in [4.69, 9.17) is 0 Å². The van der Waals surface area contributed by atoms with Gasteiger partial charge in [0, 0.05) is 19.4 Å². The van der Waals surface area contributed by atoms with E-state index in [-0.39, 0.29) is 5.69 Å². The Bertz CT molecular complexity index is 615. The second-order valence-electron chi connectivity index (χ2n) is 5.90. The third kappa shape index (κ3) is 2.72. The molecule has 0 N–H and O–H groups in total. The zero-order valence-corrected chi connectivity index (χ0v) is 12.1. The van der Waals surface area contributed by atoms with Gasteiger partial charge in [0.2, 0.25) is 0 Å². The third-order valence-corrected chi connectivity index (χ3v) is 4.43. The molecule has 3 nitrogen and oxygen atoms in total. The summed E-state index contributed by atoms with van der Waals surface area (Å²) in [5.74, 6) is 0.747. The van der Waals surface area contributed by atoms with Gasteiger partial charge >= 0.3 is 5.69 Å². The third-order valence-electron chi connectivity index (χ3n) is 4.43. The molecule has 1 aliphatic carbocycles. The minimum Gasteiger partial charge on any atom is -0.302 e. The van der Waals surface area contributed by atoms with Gasteiger partial charge in [0.25, 0.3) is 0 Å². The van der Waals surface area contributed by atoms with E-state index in [1.807, 2.05) is 6.20 Å². The summed E-state index contributed by atoms with van der Waals surface area (Å²) < 4.78 is 3.35. The monoisotopic (exact) mass is 270 g/mol. The molecule has 0 radical (unpaired) electrons. The first-order valence-electron chi connectivity index (χ1n) is 7.54. The zero-order valence-electron chi connectivity index (χ0n) is 12.1. The topological polar surface area (TPSA) is 26.9 Å². The summed E-state index contributed by atoms with van der Waals surface area (Å²) in [6.07, 6.45) is 10.4. The maximum absolute atomic E-state index is 11.8. The van der Waals surface area contributed by atoms with E-state index in [2.05, 4.69) is 24.3 Å². The molecule has 1 heterocycles. The van der Waals surface area contributed by atoms with Crippen molar-refractivity contribution >= 4 is 0 Å². The van der Waals surface area contributed by atoms with Gasteiger partial charge in [-0.25, -0.2) is 4.79 Å². The normalized spacial score (nSPS) is 16.4. The summed E-state index contributed by atoms with van der Waals surface area (Å²) >= 11 is 0. The number of imidazole rings is 1. The highest BCUT2D eigenvalue weighted by atomic mass is 16.1. The van der Waals surface area contributed by atoms with E-state index in [0.29, 0.717) is 6.54 Å². The average Bonchev–Trinajstić information content (AvgIpc) is 2.81. The molecule has 0 saturated heterocycles. The molecule has 1 aromatic heterocycles. The first-order valence-corrected chi connectivity index (χ1v) is 7.54. The summed E-state index contributed by atoms with van der Waals surface area (Å²) in [6, 6.07) is 8.84. The Kier molecular flexibility index (Phi) is 3.77. The Morgan fingerprint density at radius 2 is 1.75 bits per heavy atom. The van der Waals surface area contributed by atoms with E-state index in [1.165, 1.54) is 43.2 Å². The van der Waals surface area contributed by atoms with Gasteiger partial charge in [0.1, 0.15) is 0 Å². The van der Waals surface area contributed by atoms with Crippen molar-refractivity contribution in [3.8, 4) is 0 Å². The highest BCUT2D eigenvalue weighted by Gasteiger charge is 2.15. The number of aromatic nitrogens is 2. The van der Waals surface area contributed by atoms with Gasteiger partial charge in [-0.05, 0) is 29.9 Å².